The lowest BCUT2D eigenvalue weighted by molar-refractivity contribution is -0.113. The Morgan fingerprint density at radius 1 is 1.30 bits per heavy atom. The predicted molar refractivity (Wildman–Crippen MR) is 87.7 cm³/mol. The van der Waals surface area contributed by atoms with Crippen molar-refractivity contribution in [1.29, 1.82) is 0 Å². The average molecular weight is 336 g/mol. The lowest BCUT2D eigenvalue weighted by atomic mass is 10.0. The van der Waals surface area contributed by atoms with E-state index in [9.17, 15) is 13.2 Å². The molecule has 0 saturated carbocycles. The number of hydrogen-bond acceptors (Lipinski definition) is 5. The van der Waals surface area contributed by atoms with Crippen LogP contribution in [0.5, 0.6) is 0 Å². The van der Waals surface area contributed by atoms with Gasteiger partial charge in [-0.05, 0) is 17.5 Å². The highest BCUT2D eigenvalue weighted by molar-refractivity contribution is 7.91. The monoisotopic (exact) mass is 336 g/mol. The van der Waals surface area contributed by atoms with Crippen molar-refractivity contribution in [3.63, 3.8) is 0 Å². The molecule has 2 aromatic rings. The third-order valence-electron chi connectivity index (χ3n) is 3.38. The van der Waals surface area contributed by atoms with Crippen LogP contribution in [0.1, 0.15) is 31.0 Å². The van der Waals surface area contributed by atoms with Gasteiger partial charge in [0, 0.05) is 12.7 Å². The summed E-state index contributed by atoms with van der Waals surface area (Å²) < 4.78 is 25.7. The summed E-state index contributed by atoms with van der Waals surface area (Å²) in [6, 6.07) is 7.37. The van der Waals surface area contributed by atoms with Gasteiger partial charge in [0.05, 0.1) is 17.6 Å². The zero-order valence-electron chi connectivity index (χ0n) is 13.4. The quantitative estimate of drug-likeness (QED) is 0.862. The second-order valence-corrected chi connectivity index (χ2v) is 7.74. The predicted octanol–water partition coefficient (Wildman–Crippen LogP) is 1.49. The number of carbonyl (C=O) groups excluding carboxylic acids is 1. The number of nitrogens with zero attached hydrogens (tertiary/aromatic N) is 3. The van der Waals surface area contributed by atoms with Crippen molar-refractivity contribution in [3.05, 3.63) is 41.7 Å². The SMILES string of the molecule is CC(C)c1ccccc1NC(=O)CS(=O)(=O)Cc1cnnn1C. The summed E-state index contributed by atoms with van der Waals surface area (Å²) in [6.07, 6.45) is 1.38. The smallest absolute Gasteiger partial charge is 0.239 e. The highest BCUT2D eigenvalue weighted by Gasteiger charge is 2.20. The maximum Gasteiger partial charge on any atom is 0.239 e. The van der Waals surface area contributed by atoms with Crippen LogP contribution in [0.3, 0.4) is 0 Å². The molecule has 0 fully saturated rings. The lowest BCUT2D eigenvalue weighted by Crippen LogP contribution is -2.25. The van der Waals surface area contributed by atoms with Crippen molar-refractivity contribution in [3.8, 4) is 0 Å². The molecule has 1 aromatic carbocycles. The van der Waals surface area contributed by atoms with Crippen LogP contribution >= 0.6 is 0 Å². The summed E-state index contributed by atoms with van der Waals surface area (Å²) in [6.45, 7) is 4.02. The van der Waals surface area contributed by atoms with Crippen LogP contribution in [-0.2, 0) is 27.4 Å². The van der Waals surface area contributed by atoms with E-state index in [0.29, 0.717) is 11.4 Å². The van der Waals surface area contributed by atoms with Crippen molar-refractivity contribution in [2.24, 2.45) is 7.05 Å². The molecule has 0 atom stereocenters. The summed E-state index contributed by atoms with van der Waals surface area (Å²) in [5, 5.41) is 10.00. The van der Waals surface area contributed by atoms with E-state index in [-0.39, 0.29) is 11.7 Å². The van der Waals surface area contributed by atoms with Gasteiger partial charge in [-0.3, -0.25) is 9.48 Å². The maximum absolute atomic E-state index is 12.1. The van der Waals surface area contributed by atoms with Gasteiger partial charge in [-0.1, -0.05) is 37.3 Å². The topological polar surface area (TPSA) is 93.9 Å². The minimum absolute atomic E-state index is 0.226. The van der Waals surface area contributed by atoms with Gasteiger partial charge in [-0.25, -0.2) is 8.42 Å². The zero-order chi connectivity index (χ0) is 17.0. The third-order valence-corrected chi connectivity index (χ3v) is 4.82. The molecule has 1 heterocycles. The molecule has 1 N–H and O–H groups in total. The molecule has 1 aromatic heterocycles. The molecular formula is C15H20N4O3S. The highest BCUT2D eigenvalue weighted by Crippen LogP contribution is 2.23. The third kappa shape index (κ3) is 4.62. The molecule has 8 heteroatoms. The Balaban J connectivity index is 2.06. The number of rotatable bonds is 6. The molecule has 1 amide bonds. The minimum Gasteiger partial charge on any atom is -0.325 e. The Hall–Kier alpha value is -2.22. The molecule has 124 valence electrons. The fourth-order valence-corrected chi connectivity index (χ4v) is 3.50. The van der Waals surface area contributed by atoms with E-state index in [4.69, 9.17) is 0 Å². The van der Waals surface area contributed by atoms with Gasteiger partial charge in [0.2, 0.25) is 5.91 Å². The zero-order valence-corrected chi connectivity index (χ0v) is 14.2. The molecule has 0 spiro atoms. The first-order valence-electron chi connectivity index (χ1n) is 7.21. The number of amides is 1. The molecule has 0 radical (unpaired) electrons. The van der Waals surface area contributed by atoms with Crippen molar-refractivity contribution in [2.45, 2.75) is 25.5 Å². The number of nitrogens with one attached hydrogen (secondary N) is 1. The van der Waals surface area contributed by atoms with Gasteiger partial charge in [0.1, 0.15) is 5.75 Å². The second kappa shape index (κ2) is 6.91. The molecule has 0 aliphatic carbocycles. The fourth-order valence-electron chi connectivity index (χ4n) is 2.22. The van der Waals surface area contributed by atoms with Crippen LogP contribution in [0, 0.1) is 0 Å². The number of aryl methyl sites for hydroxylation is 1. The normalized spacial score (nSPS) is 11.7. The maximum atomic E-state index is 12.1. The average Bonchev–Trinajstić information content (AvgIpc) is 2.83. The van der Waals surface area contributed by atoms with E-state index >= 15 is 0 Å². The standard InChI is InChI=1S/C15H20N4O3S/c1-11(2)13-6-4-5-7-14(13)17-15(20)10-23(21,22)9-12-8-16-18-19(12)3/h4-8,11H,9-10H2,1-3H3,(H,17,20). The number of benzene rings is 1. The molecule has 0 saturated heterocycles. The van der Waals surface area contributed by atoms with Crippen LogP contribution in [0.2, 0.25) is 0 Å². The van der Waals surface area contributed by atoms with Crippen LogP contribution in [0.15, 0.2) is 30.5 Å². The van der Waals surface area contributed by atoms with Crippen LogP contribution in [-0.4, -0.2) is 35.1 Å². The first-order chi connectivity index (χ1) is 10.8. The number of sulfone groups is 1. The summed E-state index contributed by atoms with van der Waals surface area (Å²) in [4.78, 5) is 12.1. The number of carbonyl (C=O) groups is 1. The van der Waals surface area contributed by atoms with Gasteiger partial charge in [0.25, 0.3) is 0 Å². The Bertz CT molecular complexity index is 797. The number of para-hydroxylation sites is 1. The molecule has 7 nitrogen and oxygen atoms in total. The van der Waals surface area contributed by atoms with E-state index < -0.39 is 21.5 Å². The Kier molecular flexibility index (Phi) is 5.15. The van der Waals surface area contributed by atoms with Crippen molar-refractivity contribution >= 4 is 21.4 Å². The van der Waals surface area contributed by atoms with Crippen molar-refractivity contribution in [1.82, 2.24) is 15.0 Å². The van der Waals surface area contributed by atoms with Gasteiger partial charge >= 0.3 is 0 Å². The van der Waals surface area contributed by atoms with Gasteiger partial charge in [-0.15, -0.1) is 5.10 Å². The number of anilines is 1. The molecule has 0 aliphatic rings. The summed E-state index contributed by atoms with van der Waals surface area (Å²) in [5.41, 5.74) is 2.05. The largest absolute Gasteiger partial charge is 0.325 e. The van der Waals surface area contributed by atoms with E-state index in [1.165, 1.54) is 10.9 Å². The minimum atomic E-state index is -3.59. The lowest BCUT2D eigenvalue weighted by Gasteiger charge is -2.13. The van der Waals surface area contributed by atoms with Gasteiger partial charge in [-0.2, -0.15) is 0 Å². The van der Waals surface area contributed by atoms with E-state index in [1.807, 2.05) is 26.0 Å². The van der Waals surface area contributed by atoms with Crippen LogP contribution < -0.4 is 5.32 Å². The first-order valence-corrected chi connectivity index (χ1v) is 9.03. The number of aromatic nitrogens is 3. The highest BCUT2D eigenvalue weighted by atomic mass is 32.2. The molecule has 0 aliphatic heterocycles. The fraction of sp³-hybridized carbons (Fsp3) is 0.400. The Morgan fingerprint density at radius 3 is 2.61 bits per heavy atom. The number of hydrogen-bond donors (Lipinski definition) is 1. The van der Waals surface area contributed by atoms with Gasteiger partial charge < -0.3 is 5.32 Å². The summed E-state index contributed by atoms with van der Waals surface area (Å²) in [5.74, 6) is -1.17. The Morgan fingerprint density at radius 2 is 2.00 bits per heavy atom. The van der Waals surface area contributed by atoms with Crippen molar-refractivity contribution in [2.75, 3.05) is 11.1 Å². The molecular weight excluding hydrogens is 316 g/mol. The van der Waals surface area contributed by atoms with Gasteiger partial charge in [0.15, 0.2) is 9.84 Å². The van der Waals surface area contributed by atoms with Crippen LogP contribution in [0.25, 0.3) is 0 Å². The Labute approximate surface area is 135 Å². The molecule has 2 rings (SSSR count). The summed E-state index contributed by atoms with van der Waals surface area (Å²) >= 11 is 0. The second-order valence-electron chi connectivity index (χ2n) is 5.67. The molecule has 0 unspecified atom stereocenters. The summed E-state index contributed by atoms with van der Waals surface area (Å²) in [7, 11) is -1.98. The molecule has 0 bridgehead atoms. The van der Waals surface area contributed by atoms with E-state index in [1.54, 1.807) is 19.2 Å². The first kappa shape index (κ1) is 17.1. The van der Waals surface area contributed by atoms with Crippen LogP contribution in [0.4, 0.5) is 5.69 Å². The van der Waals surface area contributed by atoms with Crippen molar-refractivity contribution < 1.29 is 13.2 Å². The van der Waals surface area contributed by atoms with E-state index in [0.717, 1.165) is 5.56 Å². The molecule has 23 heavy (non-hydrogen) atoms. The van der Waals surface area contributed by atoms with E-state index in [2.05, 4.69) is 15.6 Å².